The second-order valence-electron chi connectivity index (χ2n) is 7.76. The van der Waals surface area contributed by atoms with Gasteiger partial charge in [0, 0.05) is 12.2 Å². The summed E-state index contributed by atoms with van der Waals surface area (Å²) in [7, 11) is 1.67. The predicted octanol–water partition coefficient (Wildman–Crippen LogP) is 7.03. The molecule has 0 saturated heterocycles. The van der Waals surface area contributed by atoms with Crippen LogP contribution in [0.15, 0.2) is 48.5 Å². The van der Waals surface area contributed by atoms with Gasteiger partial charge in [-0.3, -0.25) is 0 Å². The Hall–Kier alpha value is -2.17. The normalized spacial score (nSPS) is 11.9. The first kappa shape index (κ1) is 23.1. The van der Waals surface area contributed by atoms with Crippen LogP contribution in [0.4, 0.5) is 10.5 Å². The van der Waals surface area contributed by atoms with Crippen LogP contribution in [0.2, 0.25) is 10.0 Å². The fourth-order valence-corrected chi connectivity index (χ4v) is 3.12. The minimum absolute atomic E-state index is 0.0415. The van der Waals surface area contributed by atoms with Gasteiger partial charge in [-0.2, -0.15) is 0 Å². The topological polar surface area (TPSA) is 50.4 Å². The number of urea groups is 1. The van der Waals surface area contributed by atoms with Gasteiger partial charge < -0.3 is 15.4 Å². The Bertz CT molecular complexity index is 879. The molecule has 0 atom stereocenters. The minimum atomic E-state index is -0.264. The number of allylic oxidation sites excluding steroid dienone is 2. The van der Waals surface area contributed by atoms with Gasteiger partial charge in [0.25, 0.3) is 0 Å². The van der Waals surface area contributed by atoms with E-state index in [4.69, 9.17) is 27.9 Å². The van der Waals surface area contributed by atoms with E-state index in [1.165, 1.54) is 5.57 Å². The van der Waals surface area contributed by atoms with Crippen molar-refractivity contribution in [2.24, 2.45) is 5.41 Å². The van der Waals surface area contributed by atoms with Crippen molar-refractivity contribution < 1.29 is 9.53 Å². The molecule has 2 aromatic rings. The summed E-state index contributed by atoms with van der Waals surface area (Å²) < 4.78 is 5.29. The molecule has 0 spiro atoms. The number of anilines is 1. The van der Waals surface area contributed by atoms with Crippen LogP contribution in [0.1, 0.15) is 39.2 Å². The number of hydrogen-bond acceptors (Lipinski definition) is 2. The van der Waals surface area contributed by atoms with Gasteiger partial charge in [-0.1, -0.05) is 55.3 Å². The molecule has 2 N–H and O–H groups in total. The summed E-state index contributed by atoms with van der Waals surface area (Å²) in [6, 6.07) is 12.8. The van der Waals surface area contributed by atoms with Crippen LogP contribution in [-0.4, -0.2) is 19.7 Å². The van der Waals surface area contributed by atoms with Crippen LogP contribution in [-0.2, 0) is 0 Å². The molecule has 156 valence electrons. The van der Waals surface area contributed by atoms with Gasteiger partial charge in [0.15, 0.2) is 0 Å². The van der Waals surface area contributed by atoms with Gasteiger partial charge in [-0.25, -0.2) is 4.79 Å². The highest BCUT2D eigenvalue weighted by molar-refractivity contribution is 6.42. The number of halogens is 2. The molecule has 0 aliphatic rings. The van der Waals surface area contributed by atoms with E-state index in [1.54, 1.807) is 25.3 Å². The molecule has 0 unspecified atom stereocenters. The quantitative estimate of drug-likeness (QED) is 0.468. The zero-order valence-corrected chi connectivity index (χ0v) is 18.8. The molecule has 0 aromatic heterocycles. The van der Waals surface area contributed by atoms with E-state index in [0.29, 0.717) is 22.3 Å². The number of hydrogen-bond donors (Lipinski definition) is 2. The highest BCUT2D eigenvalue weighted by Gasteiger charge is 2.18. The van der Waals surface area contributed by atoms with Crippen molar-refractivity contribution in [3.05, 3.63) is 64.1 Å². The average molecular weight is 435 g/mol. The van der Waals surface area contributed by atoms with Gasteiger partial charge in [0.1, 0.15) is 5.75 Å². The molecule has 0 heterocycles. The van der Waals surface area contributed by atoms with Crippen LogP contribution >= 0.6 is 23.2 Å². The Labute approximate surface area is 183 Å². The van der Waals surface area contributed by atoms with Crippen LogP contribution in [0.25, 0.3) is 5.57 Å². The van der Waals surface area contributed by atoms with E-state index >= 15 is 0 Å². The minimum Gasteiger partial charge on any atom is -0.497 e. The maximum atomic E-state index is 12.2. The molecule has 0 aliphatic carbocycles. The third-order valence-electron chi connectivity index (χ3n) is 4.70. The van der Waals surface area contributed by atoms with E-state index in [-0.39, 0.29) is 11.4 Å². The molecule has 2 rings (SSSR count). The highest BCUT2D eigenvalue weighted by Crippen LogP contribution is 2.26. The molecular formula is C23H28Cl2N2O2. The smallest absolute Gasteiger partial charge is 0.319 e. The molecule has 2 amide bonds. The number of carbonyl (C=O) groups excluding carboxylic acids is 1. The van der Waals surface area contributed by atoms with Crippen LogP contribution in [0.5, 0.6) is 5.75 Å². The van der Waals surface area contributed by atoms with Crippen molar-refractivity contribution in [1.29, 1.82) is 0 Å². The molecule has 0 fully saturated rings. The van der Waals surface area contributed by atoms with Gasteiger partial charge >= 0.3 is 6.03 Å². The summed E-state index contributed by atoms with van der Waals surface area (Å²) in [5, 5.41) is 6.56. The lowest BCUT2D eigenvalue weighted by Crippen LogP contribution is -2.36. The second kappa shape index (κ2) is 10.6. The van der Waals surface area contributed by atoms with Crippen LogP contribution in [0, 0.1) is 5.41 Å². The number of carbonyl (C=O) groups is 1. The number of amides is 2. The zero-order valence-electron chi connectivity index (χ0n) is 17.3. The lowest BCUT2D eigenvalue weighted by Gasteiger charge is -2.24. The first-order valence-corrected chi connectivity index (χ1v) is 10.3. The van der Waals surface area contributed by atoms with Crippen molar-refractivity contribution in [3.63, 3.8) is 0 Å². The van der Waals surface area contributed by atoms with Crippen molar-refractivity contribution in [3.8, 4) is 5.75 Å². The molecule has 0 bridgehead atoms. The molecule has 0 radical (unpaired) electrons. The number of ether oxygens (including phenoxy) is 1. The fourth-order valence-electron chi connectivity index (χ4n) is 2.82. The van der Waals surface area contributed by atoms with Crippen molar-refractivity contribution in [2.75, 3.05) is 19.0 Å². The van der Waals surface area contributed by atoms with Gasteiger partial charge in [0.2, 0.25) is 0 Å². The Morgan fingerprint density at radius 2 is 1.90 bits per heavy atom. The summed E-state index contributed by atoms with van der Waals surface area (Å²) in [5.41, 5.74) is 2.93. The van der Waals surface area contributed by atoms with Gasteiger partial charge in [-0.05, 0) is 66.6 Å². The Morgan fingerprint density at radius 1 is 1.14 bits per heavy atom. The fraction of sp³-hybridized carbons (Fsp3) is 0.348. The number of nitrogens with one attached hydrogen (secondary N) is 2. The first-order valence-electron chi connectivity index (χ1n) is 9.51. The van der Waals surface area contributed by atoms with Crippen molar-refractivity contribution in [2.45, 2.75) is 33.6 Å². The third-order valence-corrected chi connectivity index (χ3v) is 5.44. The van der Waals surface area contributed by atoms with Crippen LogP contribution < -0.4 is 15.4 Å². The molecule has 2 aromatic carbocycles. The van der Waals surface area contributed by atoms with E-state index in [2.05, 4.69) is 43.5 Å². The van der Waals surface area contributed by atoms with Crippen molar-refractivity contribution >= 4 is 40.5 Å². The standard InChI is InChI=1S/C23H28Cl2N2O2/c1-16(17-8-5-9-19(13-17)29-4)7-6-12-23(2,3)15-26-22(28)27-18-10-11-20(24)21(25)14-18/h5,7-11,13-14H,6,12,15H2,1-4H3,(H2,26,27,28)/b16-7+. The van der Waals surface area contributed by atoms with Crippen molar-refractivity contribution in [1.82, 2.24) is 5.32 Å². The largest absolute Gasteiger partial charge is 0.497 e. The Kier molecular flexibility index (Phi) is 8.42. The maximum Gasteiger partial charge on any atom is 0.319 e. The molecule has 0 aliphatic heterocycles. The summed E-state index contributed by atoms with van der Waals surface area (Å²) in [4.78, 5) is 12.2. The van der Waals surface area contributed by atoms with E-state index in [9.17, 15) is 4.79 Å². The molecule has 0 saturated carbocycles. The zero-order chi connectivity index (χ0) is 21.4. The third kappa shape index (κ3) is 7.64. The molecular weight excluding hydrogens is 407 g/mol. The highest BCUT2D eigenvalue weighted by atomic mass is 35.5. The summed E-state index contributed by atoms with van der Waals surface area (Å²) in [5.74, 6) is 0.854. The van der Waals surface area contributed by atoms with Gasteiger partial charge in [-0.15, -0.1) is 0 Å². The Balaban J connectivity index is 1.82. The molecule has 6 heteroatoms. The molecule has 29 heavy (non-hydrogen) atoms. The second-order valence-corrected chi connectivity index (χ2v) is 8.57. The maximum absolute atomic E-state index is 12.2. The van der Waals surface area contributed by atoms with E-state index in [0.717, 1.165) is 24.2 Å². The lowest BCUT2D eigenvalue weighted by atomic mass is 9.87. The predicted molar refractivity (Wildman–Crippen MR) is 123 cm³/mol. The van der Waals surface area contributed by atoms with Crippen LogP contribution in [0.3, 0.4) is 0 Å². The van der Waals surface area contributed by atoms with E-state index < -0.39 is 0 Å². The van der Waals surface area contributed by atoms with E-state index in [1.807, 2.05) is 18.2 Å². The first-order chi connectivity index (χ1) is 13.7. The van der Waals surface area contributed by atoms with Gasteiger partial charge in [0.05, 0.1) is 17.2 Å². The lowest BCUT2D eigenvalue weighted by molar-refractivity contribution is 0.243. The Morgan fingerprint density at radius 3 is 2.59 bits per heavy atom. The monoisotopic (exact) mass is 434 g/mol. The summed E-state index contributed by atoms with van der Waals surface area (Å²) in [6.07, 6.45) is 4.10. The average Bonchev–Trinajstić information content (AvgIpc) is 2.69. The SMILES string of the molecule is COc1cccc(/C(C)=C/CCC(C)(C)CNC(=O)Nc2ccc(Cl)c(Cl)c2)c1. The summed E-state index contributed by atoms with van der Waals surface area (Å²) >= 11 is 11.9. The summed E-state index contributed by atoms with van der Waals surface area (Å²) in [6.45, 7) is 6.94. The number of methoxy groups -OCH3 is 1. The number of benzene rings is 2. The number of rotatable bonds is 8. The molecule has 4 nitrogen and oxygen atoms in total.